The van der Waals surface area contributed by atoms with Gasteiger partial charge >= 0.3 is 5.97 Å². The Morgan fingerprint density at radius 2 is 1.68 bits per heavy atom. The Bertz CT molecular complexity index is 1570. The zero-order valence-corrected chi connectivity index (χ0v) is 24.1. The van der Waals surface area contributed by atoms with Gasteiger partial charge in [-0.25, -0.2) is 17.9 Å². The predicted octanol–water partition coefficient (Wildman–Crippen LogP) is 3.87. The molecular weight excluding hydrogens is 554 g/mol. The molecule has 3 aromatic carbocycles. The van der Waals surface area contributed by atoms with E-state index >= 15 is 0 Å². The summed E-state index contributed by atoms with van der Waals surface area (Å²) in [5, 5.41) is 0. The van der Waals surface area contributed by atoms with E-state index in [1.54, 1.807) is 42.5 Å². The minimum Gasteiger partial charge on any atom is -0.493 e. The highest BCUT2D eigenvalue weighted by Crippen LogP contribution is 2.59. The van der Waals surface area contributed by atoms with Crippen molar-refractivity contribution in [2.45, 2.75) is 30.4 Å². The molecule has 11 nitrogen and oxygen atoms in total. The van der Waals surface area contributed by atoms with E-state index < -0.39 is 28.2 Å². The zero-order valence-electron chi connectivity index (χ0n) is 23.3. The summed E-state index contributed by atoms with van der Waals surface area (Å²) in [6.45, 7) is 2.01. The lowest BCUT2D eigenvalue weighted by atomic mass is 9.93. The number of epoxide rings is 1. The number of rotatable bonds is 11. The molecule has 5 rings (SSSR count). The Labute approximate surface area is 238 Å². The van der Waals surface area contributed by atoms with E-state index in [1.165, 1.54) is 28.4 Å². The van der Waals surface area contributed by atoms with E-state index in [1.807, 2.05) is 6.92 Å². The molecule has 3 aromatic rings. The van der Waals surface area contributed by atoms with Gasteiger partial charge in [-0.05, 0) is 43.2 Å². The largest absolute Gasteiger partial charge is 0.493 e. The highest BCUT2D eigenvalue weighted by molar-refractivity contribution is 7.89. The van der Waals surface area contributed by atoms with Crippen LogP contribution >= 0.6 is 0 Å². The van der Waals surface area contributed by atoms with Gasteiger partial charge in [-0.15, -0.1) is 0 Å². The van der Waals surface area contributed by atoms with E-state index in [-0.39, 0.29) is 29.5 Å². The molecule has 41 heavy (non-hydrogen) atoms. The number of nitrogens with one attached hydrogen (secondary N) is 1. The van der Waals surface area contributed by atoms with Gasteiger partial charge in [0.25, 0.3) is 0 Å². The van der Waals surface area contributed by atoms with Gasteiger partial charge in [-0.1, -0.05) is 23.8 Å². The third-order valence-corrected chi connectivity index (χ3v) is 8.49. The number of hydrogen-bond acceptors (Lipinski definition) is 10. The van der Waals surface area contributed by atoms with Crippen LogP contribution in [0.4, 0.5) is 0 Å². The number of carbonyl (C=O) groups excluding carboxylic acids is 1. The second-order valence-corrected chi connectivity index (χ2v) is 11.2. The molecule has 0 radical (unpaired) electrons. The van der Waals surface area contributed by atoms with Crippen LogP contribution in [-0.4, -0.2) is 56.2 Å². The van der Waals surface area contributed by atoms with Gasteiger partial charge in [0.2, 0.25) is 22.6 Å². The maximum Gasteiger partial charge on any atom is 0.342 e. The minimum absolute atomic E-state index is 0.0196. The van der Waals surface area contributed by atoms with Gasteiger partial charge in [0.15, 0.2) is 23.0 Å². The minimum atomic E-state index is -3.72. The molecule has 0 bridgehead atoms. The average molecular weight is 586 g/mol. The van der Waals surface area contributed by atoms with Crippen LogP contribution in [0.2, 0.25) is 0 Å². The SMILES string of the molecule is COC(=O)c1c([C@@H]2O[C@H]2c2c(CCNS(=O)(=O)c3ccc(C)cc3)cc3c(c2OC)OCO3)ccc(OC)c1OC. The van der Waals surface area contributed by atoms with E-state index in [0.717, 1.165) is 11.1 Å². The number of hydrogen-bond donors (Lipinski definition) is 1. The first-order valence-corrected chi connectivity index (χ1v) is 14.3. The molecule has 2 atom stereocenters. The molecule has 2 aliphatic heterocycles. The van der Waals surface area contributed by atoms with Crippen LogP contribution in [0.3, 0.4) is 0 Å². The van der Waals surface area contributed by atoms with Crippen molar-refractivity contribution in [1.29, 1.82) is 0 Å². The van der Waals surface area contributed by atoms with Crippen LogP contribution in [0.1, 0.15) is 44.8 Å². The normalized spacial score (nSPS) is 17.2. The van der Waals surface area contributed by atoms with E-state index in [4.69, 9.17) is 33.2 Å². The van der Waals surface area contributed by atoms with Crippen molar-refractivity contribution in [1.82, 2.24) is 4.72 Å². The fraction of sp³-hybridized carbons (Fsp3) is 0.345. The number of methoxy groups -OCH3 is 4. The molecule has 2 heterocycles. The number of aryl methyl sites for hydroxylation is 1. The summed E-state index contributed by atoms with van der Waals surface area (Å²) in [6, 6.07) is 11.8. The van der Waals surface area contributed by atoms with Gasteiger partial charge in [0.05, 0.1) is 33.3 Å². The third kappa shape index (κ3) is 5.37. The van der Waals surface area contributed by atoms with Crippen molar-refractivity contribution in [3.8, 4) is 28.7 Å². The van der Waals surface area contributed by atoms with Gasteiger partial charge in [0.1, 0.15) is 17.8 Å². The van der Waals surface area contributed by atoms with Crippen molar-refractivity contribution in [2.24, 2.45) is 0 Å². The Hall–Kier alpha value is -4.00. The fourth-order valence-electron chi connectivity index (χ4n) is 4.98. The Kier molecular flexibility index (Phi) is 7.98. The number of benzene rings is 3. The predicted molar refractivity (Wildman–Crippen MR) is 147 cm³/mol. The van der Waals surface area contributed by atoms with Gasteiger partial charge in [0, 0.05) is 17.7 Å². The second kappa shape index (κ2) is 11.5. The smallest absolute Gasteiger partial charge is 0.342 e. The summed E-state index contributed by atoms with van der Waals surface area (Å²) in [6.07, 6.45) is -0.790. The maximum absolute atomic E-state index is 12.9. The van der Waals surface area contributed by atoms with Crippen LogP contribution in [0.5, 0.6) is 28.7 Å². The van der Waals surface area contributed by atoms with Crippen LogP contribution in [0.15, 0.2) is 47.4 Å². The third-order valence-electron chi connectivity index (χ3n) is 7.02. The summed E-state index contributed by atoms with van der Waals surface area (Å²) in [4.78, 5) is 13.0. The number of sulfonamides is 1. The Balaban J connectivity index is 1.48. The summed E-state index contributed by atoms with van der Waals surface area (Å²) >= 11 is 0. The Morgan fingerprint density at radius 1 is 0.951 bits per heavy atom. The van der Waals surface area contributed by atoms with Crippen LogP contribution in [-0.2, 0) is 25.9 Å². The molecule has 0 unspecified atom stereocenters. The lowest BCUT2D eigenvalue weighted by Gasteiger charge is -2.17. The van der Waals surface area contributed by atoms with Gasteiger partial charge < -0.3 is 33.2 Å². The molecule has 2 aliphatic rings. The van der Waals surface area contributed by atoms with Crippen molar-refractivity contribution >= 4 is 16.0 Å². The molecular formula is C29H31NO10S. The van der Waals surface area contributed by atoms with E-state index in [2.05, 4.69) is 4.72 Å². The van der Waals surface area contributed by atoms with E-state index in [9.17, 15) is 13.2 Å². The molecule has 1 N–H and O–H groups in total. The number of ether oxygens (including phenoxy) is 7. The van der Waals surface area contributed by atoms with Crippen molar-refractivity contribution < 1.29 is 46.4 Å². The first-order chi connectivity index (χ1) is 19.7. The topological polar surface area (TPSA) is 131 Å². The highest BCUT2D eigenvalue weighted by Gasteiger charge is 2.48. The van der Waals surface area contributed by atoms with Crippen LogP contribution in [0, 0.1) is 6.92 Å². The molecule has 0 spiro atoms. The molecule has 1 fully saturated rings. The van der Waals surface area contributed by atoms with Crippen molar-refractivity contribution in [3.63, 3.8) is 0 Å². The summed E-state index contributed by atoms with van der Waals surface area (Å²) in [5.74, 6) is 1.34. The van der Waals surface area contributed by atoms with Crippen LogP contribution in [0.25, 0.3) is 0 Å². The van der Waals surface area contributed by atoms with E-state index in [0.29, 0.717) is 40.5 Å². The number of carbonyl (C=O) groups is 1. The standard InChI is InChI=1S/C29H31NO10S/c1-16-6-8-18(9-7-16)41(32,33)30-13-12-17-14-21-26(39-15-38-21)27(36-4)22(17)28-24(40-28)19-10-11-20(34-2)25(35-3)23(19)29(31)37-5/h6-11,14,24,28,30H,12-13,15H2,1-5H3/t24-,28-/m0/s1. The van der Waals surface area contributed by atoms with Gasteiger partial charge in [-0.2, -0.15) is 0 Å². The van der Waals surface area contributed by atoms with Gasteiger partial charge in [-0.3, -0.25) is 0 Å². The number of fused-ring (bicyclic) bond motifs is 1. The fourth-order valence-corrected chi connectivity index (χ4v) is 6.01. The van der Waals surface area contributed by atoms with Crippen LogP contribution < -0.4 is 28.4 Å². The molecule has 0 aliphatic carbocycles. The first-order valence-electron chi connectivity index (χ1n) is 12.8. The average Bonchev–Trinajstić information content (AvgIpc) is 3.62. The molecule has 12 heteroatoms. The highest BCUT2D eigenvalue weighted by atomic mass is 32.2. The van der Waals surface area contributed by atoms with Crippen molar-refractivity contribution in [3.05, 3.63) is 70.3 Å². The first kappa shape index (κ1) is 28.5. The zero-order chi connectivity index (χ0) is 29.3. The Morgan fingerprint density at radius 3 is 2.34 bits per heavy atom. The quantitative estimate of drug-likeness (QED) is 0.261. The summed E-state index contributed by atoms with van der Waals surface area (Å²) < 4.78 is 67.6. The summed E-state index contributed by atoms with van der Waals surface area (Å²) in [5.41, 5.74) is 3.11. The molecule has 1 saturated heterocycles. The molecule has 0 saturated carbocycles. The number of esters is 1. The molecule has 0 amide bonds. The molecule has 218 valence electrons. The molecule has 0 aromatic heterocycles. The maximum atomic E-state index is 12.9. The second-order valence-electron chi connectivity index (χ2n) is 9.41. The lowest BCUT2D eigenvalue weighted by molar-refractivity contribution is 0.0594. The monoisotopic (exact) mass is 585 g/mol. The summed E-state index contributed by atoms with van der Waals surface area (Å²) in [7, 11) is 1.99. The van der Waals surface area contributed by atoms with Crippen molar-refractivity contribution in [2.75, 3.05) is 41.8 Å². The lowest BCUT2D eigenvalue weighted by Crippen LogP contribution is -2.26.